The molecule has 0 amide bonds. The van der Waals surface area contributed by atoms with Crippen molar-refractivity contribution < 1.29 is 128 Å². The summed E-state index contributed by atoms with van der Waals surface area (Å²) >= 11 is 0. The van der Waals surface area contributed by atoms with E-state index in [1.54, 1.807) is 0 Å². The SMILES string of the molecule is CCCCCCCCCCCCCCCOCCOCCOCCOCCOCCOCCOCCOCCOCCOCCOCCOCCOCCOCCOCCOCCOCCOCCOCCOCCOCCOCCOCCOCCOCCOCCO. The molecule has 1 N–H and O–H groups in total. The molecule has 0 bridgehead atoms. The first kappa shape index (κ1) is 92.9. The third kappa shape index (κ3) is 90.9. The Kier molecular flexibility index (Phi) is 90.9. The van der Waals surface area contributed by atoms with Gasteiger partial charge in [0, 0.05) is 6.61 Å². The molecule has 0 atom stereocenters. The zero-order valence-corrected chi connectivity index (χ0v) is 58.7. The fourth-order valence-electron chi connectivity index (χ4n) is 7.89. The summed E-state index contributed by atoms with van der Waals surface area (Å²) in [6.45, 7) is 28.4. The zero-order chi connectivity index (χ0) is 67.1. The highest BCUT2D eigenvalue weighted by molar-refractivity contribution is 4.50. The van der Waals surface area contributed by atoms with Crippen molar-refractivity contribution in [1.82, 2.24) is 0 Å². The first-order chi connectivity index (χ1) is 46.9. The summed E-state index contributed by atoms with van der Waals surface area (Å²) < 4.78 is 143. The molecule has 0 aliphatic rings. The van der Waals surface area contributed by atoms with Crippen molar-refractivity contribution in [2.24, 2.45) is 0 Å². The van der Waals surface area contributed by atoms with Crippen molar-refractivity contribution in [3.63, 3.8) is 0 Å². The number of hydrogen-bond donors (Lipinski definition) is 1. The molecule has 0 aromatic carbocycles. The van der Waals surface area contributed by atoms with Crippen LogP contribution in [0.25, 0.3) is 0 Å². The lowest BCUT2D eigenvalue weighted by molar-refractivity contribution is -0.0322. The molecule has 0 rings (SSSR count). The Morgan fingerprint density at radius 2 is 0.213 bits per heavy atom. The topological polar surface area (TPSA) is 260 Å². The molecule has 0 radical (unpaired) electrons. The Morgan fingerprint density at radius 3 is 0.330 bits per heavy atom. The molecule has 0 aromatic heterocycles. The summed E-state index contributed by atoms with van der Waals surface area (Å²) in [5, 5.41) is 8.62. The zero-order valence-electron chi connectivity index (χ0n) is 58.7. The van der Waals surface area contributed by atoms with Gasteiger partial charge in [0.2, 0.25) is 0 Å². The summed E-state index contributed by atoms with van der Waals surface area (Å²) in [6, 6.07) is 0. The van der Waals surface area contributed by atoms with Crippen LogP contribution in [0.5, 0.6) is 0 Å². The Bertz CT molecular complexity index is 1190. The Labute approximate surface area is 567 Å². The van der Waals surface area contributed by atoms with E-state index >= 15 is 0 Å². The fraction of sp³-hybridized carbons (Fsp3) is 1.00. The molecule has 0 fully saturated rings. The molecule has 27 nitrogen and oxygen atoms in total. The van der Waals surface area contributed by atoms with Gasteiger partial charge < -0.3 is 128 Å². The molecule has 0 saturated carbocycles. The van der Waals surface area contributed by atoms with Crippen molar-refractivity contribution in [2.75, 3.05) is 350 Å². The second-order valence-electron chi connectivity index (χ2n) is 20.9. The summed E-state index contributed by atoms with van der Waals surface area (Å²) in [5.74, 6) is 0. The standard InChI is InChI=1S/C67H136O27/c1-2-3-4-5-6-7-8-9-10-11-12-13-14-16-69-18-20-71-22-24-73-26-28-75-30-32-77-34-36-79-38-40-81-42-44-83-46-48-85-50-52-87-54-56-89-58-60-91-62-64-93-66-67-94-65-63-92-61-59-90-57-55-88-53-51-86-49-47-84-45-43-82-41-39-80-37-35-78-33-31-76-29-27-74-25-23-72-21-19-70-17-15-68/h68H,2-67H2,1H3. The summed E-state index contributed by atoms with van der Waals surface area (Å²) in [6.07, 6.45) is 17.7. The second kappa shape index (κ2) is 91.9. The molecule has 0 aliphatic heterocycles. The lowest BCUT2D eigenvalue weighted by Crippen LogP contribution is -2.16. The predicted molar refractivity (Wildman–Crippen MR) is 354 cm³/mol. The molecular formula is C67H136O27. The molecule has 0 aromatic rings. The lowest BCUT2D eigenvalue weighted by atomic mass is 10.0. The van der Waals surface area contributed by atoms with E-state index in [1.807, 2.05) is 0 Å². The first-order valence-corrected chi connectivity index (χ1v) is 35.5. The molecular weight excluding hydrogens is 1240 g/mol. The van der Waals surface area contributed by atoms with E-state index in [2.05, 4.69) is 6.92 Å². The number of aliphatic hydroxyl groups excluding tert-OH is 1. The lowest BCUT2D eigenvalue weighted by Gasteiger charge is -2.09. The fourth-order valence-corrected chi connectivity index (χ4v) is 7.89. The third-order valence-corrected chi connectivity index (χ3v) is 12.9. The van der Waals surface area contributed by atoms with Crippen molar-refractivity contribution >= 4 is 0 Å². The Morgan fingerprint density at radius 1 is 0.117 bits per heavy atom. The second-order valence-corrected chi connectivity index (χ2v) is 20.9. The van der Waals surface area contributed by atoms with Crippen LogP contribution in [0.15, 0.2) is 0 Å². The Balaban J connectivity index is 3.09. The summed E-state index contributed by atoms with van der Waals surface area (Å²) in [5.41, 5.74) is 0. The van der Waals surface area contributed by atoms with E-state index in [9.17, 15) is 0 Å². The minimum Gasteiger partial charge on any atom is -0.394 e. The van der Waals surface area contributed by atoms with E-state index in [4.69, 9.17) is 128 Å². The van der Waals surface area contributed by atoms with Gasteiger partial charge >= 0.3 is 0 Å². The molecule has 27 heteroatoms. The quantitative estimate of drug-likeness (QED) is 0.0737. The molecule has 0 spiro atoms. The van der Waals surface area contributed by atoms with Crippen LogP contribution >= 0.6 is 0 Å². The predicted octanol–water partition coefficient (Wildman–Crippen LogP) is 5.50. The number of hydrogen-bond acceptors (Lipinski definition) is 27. The van der Waals surface area contributed by atoms with Crippen molar-refractivity contribution in [1.29, 1.82) is 0 Å². The summed E-state index contributed by atoms with van der Waals surface area (Å²) in [7, 11) is 0. The van der Waals surface area contributed by atoms with Crippen molar-refractivity contribution in [3.8, 4) is 0 Å². The molecule has 566 valence electrons. The molecule has 0 aliphatic carbocycles. The van der Waals surface area contributed by atoms with Gasteiger partial charge in [0.05, 0.1) is 344 Å². The average molecular weight is 1370 g/mol. The monoisotopic (exact) mass is 1370 g/mol. The maximum absolute atomic E-state index is 8.62. The highest BCUT2D eigenvalue weighted by Gasteiger charge is 2.02. The van der Waals surface area contributed by atoms with Gasteiger partial charge in [-0.15, -0.1) is 0 Å². The van der Waals surface area contributed by atoms with Crippen LogP contribution in [0, 0.1) is 0 Å². The van der Waals surface area contributed by atoms with E-state index in [-0.39, 0.29) is 6.61 Å². The van der Waals surface area contributed by atoms with Crippen LogP contribution in [0.1, 0.15) is 90.4 Å². The van der Waals surface area contributed by atoms with Crippen LogP contribution in [0.3, 0.4) is 0 Å². The van der Waals surface area contributed by atoms with Crippen molar-refractivity contribution in [3.05, 3.63) is 0 Å². The van der Waals surface area contributed by atoms with Gasteiger partial charge in [-0.05, 0) is 6.42 Å². The van der Waals surface area contributed by atoms with Gasteiger partial charge in [-0.2, -0.15) is 0 Å². The smallest absolute Gasteiger partial charge is 0.0701 e. The minimum absolute atomic E-state index is 0.0178. The van der Waals surface area contributed by atoms with E-state index in [0.717, 1.165) is 13.0 Å². The van der Waals surface area contributed by atoms with E-state index in [0.29, 0.717) is 337 Å². The normalized spacial score (nSPS) is 11.8. The highest BCUT2D eigenvalue weighted by Crippen LogP contribution is 2.12. The van der Waals surface area contributed by atoms with Gasteiger partial charge in [-0.1, -0.05) is 84.0 Å². The molecule has 94 heavy (non-hydrogen) atoms. The van der Waals surface area contributed by atoms with E-state index < -0.39 is 0 Å². The average Bonchev–Trinajstić information content (AvgIpc) is 3.59. The minimum atomic E-state index is 0.0178. The Hall–Kier alpha value is -1.08. The van der Waals surface area contributed by atoms with Gasteiger partial charge in [0.15, 0.2) is 0 Å². The third-order valence-electron chi connectivity index (χ3n) is 12.9. The number of rotatable bonds is 91. The van der Waals surface area contributed by atoms with Gasteiger partial charge in [0.25, 0.3) is 0 Å². The van der Waals surface area contributed by atoms with Gasteiger partial charge in [-0.25, -0.2) is 0 Å². The van der Waals surface area contributed by atoms with Gasteiger partial charge in [-0.3, -0.25) is 0 Å². The number of aliphatic hydroxyl groups is 1. The summed E-state index contributed by atoms with van der Waals surface area (Å²) in [4.78, 5) is 0. The maximum Gasteiger partial charge on any atom is 0.0701 e. The highest BCUT2D eigenvalue weighted by atomic mass is 16.6. The largest absolute Gasteiger partial charge is 0.394 e. The van der Waals surface area contributed by atoms with Crippen LogP contribution in [0.2, 0.25) is 0 Å². The van der Waals surface area contributed by atoms with Crippen LogP contribution < -0.4 is 0 Å². The molecule has 0 saturated heterocycles. The maximum atomic E-state index is 8.62. The van der Waals surface area contributed by atoms with Crippen LogP contribution in [-0.4, -0.2) is 355 Å². The number of ether oxygens (including phenoxy) is 26. The van der Waals surface area contributed by atoms with Gasteiger partial charge in [0.1, 0.15) is 0 Å². The van der Waals surface area contributed by atoms with Crippen molar-refractivity contribution in [2.45, 2.75) is 90.4 Å². The van der Waals surface area contributed by atoms with Crippen LogP contribution in [0.4, 0.5) is 0 Å². The molecule has 0 heterocycles. The number of unbranched alkanes of at least 4 members (excludes halogenated alkanes) is 12. The van der Waals surface area contributed by atoms with E-state index in [1.165, 1.54) is 77.0 Å². The van der Waals surface area contributed by atoms with Crippen LogP contribution in [-0.2, 0) is 123 Å². The molecule has 0 unspecified atom stereocenters. The first-order valence-electron chi connectivity index (χ1n) is 35.5.